The van der Waals surface area contributed by atoms with Gasteiger partial charge in [-0.1, -0.05) is 0 Å². The number of fused-ring (bicyclic) bond motifs is 1. The van der Waals surface area contributed by atoms with Gasteiger partial charge in [-0.15, -0.1) is 0 Å². The standard InChI is InChI=1S/C11H11NO3/c1-7(2)14-11(13)9-6-8-4-3-5-12-10(8)15-9/h3-7H,1-2H3. The van der Waals surface area contributed by atoms with Crippen LogP contribution in [-0.2, 0) is 4.74 Å². The number of hydrogen-bond donors (Lipinski definition) is 0. The fourth-order valence-electron chi connectivity index (χ4n) is 1.25. The smallest absolute Gasteiger partial charge is 0.374 e. The number of esters is 1. The van der Waals surface area contributed by atoms with Crippen molar-refractivity contribution in [3.8, 4) is 0 Å². The van der Waals surface area contributed by atoms with Crippen molar-refractivity contribution in [2.24, 2.45) is 0 Å². The lowest BCUT2D eigenvalue weighted by atomic mass is 10.3. The van der Waals surface area contributed by atoms with Gasteiger partial charge in [0.2, 0.25) is 11.5 Å². The van der Waals surface area contributed by atoms with Crippen molar-refractivity contribution in [1.82, 2.24) is 4.98 Å². The topological polar surface area (TPSA) is 52.3 Å². The van der Waals surface area contributed by atoms with E-state index in [9.17, 15) is 4.79 Å². The maximum absolute atomic E-state index is 11.5. The lowest BCUT2D eigenvalue weighted by Crippen LogP contribution is -2.10. The number of pyridine rings is 1. The maximum Gasteiger partial charge on any atom is 0.374 e. The van der Waals surface area contributed by atoms with Crippen molar-refractivity contribution in [2.75, 3.05) is 0 Å². The van der Waals surface area contributed by atoms with Crippen LogP contribution in [-0.4, -0.2) is 17.1 Å². The molecule has 0 fully saturated rings. The second-order valence-corrected chi connectivity index (χ2v) is 3.46. The highest BCUT2D eigenvalue weighted by Crippen LogP contribution is 2.17. The lowest BCUT2D eigenvalue weighted by Gasteiger charge is -2.04. The minimum Gasteiger partial charge on any atom is -0.457 e. The van der Waals surface area contributed by atoms with Gasteiger partial charge in [-0.3, -0.25) is 0 Å². The number of aromatic nitrogens is 1. The fourth-order valence-corrected chi connectivity index (χ4v) is 1.25. The van der Waals surface area contributed by atoms with Crippen LogP contribution in [0, 0.1) is 0 Å². The molecule has 0 saturated heterocycles. The summed E-state index contributed by atoms with van der Waals surface area (Å²) in [5.74, 6) is -0.264. The Kier molecular flexibility index (Phi) is 2.41. The van der Waals surface area contributed by atoms with Gasteiger partial charge >= 0.3 is 5.97 Å². The summed E-state index contributed by atoms with van der Waals surface area (Å²) in [6, 6.07) is 5.25. The van der Waals surface area contributed by atoms with Gasteiger partial charge in [-0.25, -0.2) is 9.78 Å². The van der Waals surface area contributed by atoms with Gasteiger partial charge in [0.05, 0.1) is 6.10 Å². The SMILES string of the molecule is CC(C)OC(=O)c1cc2cccnc2o1. The van der Waals surface area contributed by atoms with Crippen LogP contribution >= 0.6 is 0 Å². The normalized spacial score (nSPS) is 10.9. The van der Waals surface area contributed by atoms with Crippen LogP contribution in [0.4, 0.5) is 0 Å². The van der Waals surface area contributed by atoms with E-state index in [0.29, 0.717) is 5.71 Å². The number of furan rings is 1. The van der Waals surface area contributed by atoms with E-state index < -0.39 is 5.97 Å². The summed E-state index contributed by atoms with van der Waals surface area (Å²) in [6.07, 6.45) is 1.46. The number of carbonyl (C=O) groups excluding carboxylic acids is 1. The molecule has 2 aromatic rings. The molecule has 0 aliphatic carbocycles. The number of rotatable bonds is 2. The molecule has 0 spiro atoms. The van der Waals surface area contributed by atoms with Crippen molar-refractivity contribution in [3.05, 3.63) is 30.2 Å². The number of nitrogens with zero attached hydrogens (tertiary/aromatic N) is 1. The summed E-state index contributed by atoms with van der Waals surface area (Å²) in [6.45, 7) is 3.58. The van der Waals surface area contributed by atoms with Gasteiger partial charge in [0.1, 0.15) is 0 Å². The number of carbonyl (C=O) groups is 1. The zero-order valence-corrected chi connectivity index (χ0v) is 8.56. The molecule has 0 amide bonds. The second kappa shape index (κ2) is 3.73. The Bertz CT molecular complexity index is 454. The molecule has 78 valence electrons. The number of hydrogen-bond acceptors (Lipinski definition) is 4. The highest BCUT2D eigenvalue weighted by molar-refractivity contribution is 5.91. The lowest BCUT2D eigenvalue weighted by molar-refractivity contribution is 0.0343. The highest BCUT2D eigenvalue weighted by Gasteiger charge is 2.14. The average molecular weight is 205 g/mol. The number of ether oxygens (including phenoxy) is 1. The molecule has 4 nitrogen and oxygen atoms in total. The third-order valence-corrected chi connectivity index (χ3v) is 1.84. The summed E-state index contributed by atoms with van der Waals surface area (Å²) in [5.41, 5.74) is 0.452. The van der Waals surface area contributed by atoms with Crippen LogP contribution in [0.5, 0.6) is 0 Å². The molecule has 2 aromatic heterocycles. The van der Waals surface area contributed by atoms with Crippen LogP contribution < -0.4 is 0 Å². The zero-order chi connectivity index (χ0) is 10.8. The minimum absolute atomic E-state index is 0.154. The summed E-state index contributed by atoms with van der Waals surface area (Å²) in [4.78, 5) is 15.5. The molecule has 0 N–H and O–H groups in total. The summed E-state index contributed by atoms with van der Waals surface area (Å²) >= 11 is 0. The zero-order valence-electron chi connectivity index (χ0n) is 8.56. The fraction of sp³-hybridized carbons (Fsp3) is 0.273. The quantitative estimate of drug-likeness (QED) is 0.706. The molecule has 0 radical (unpaired) electrons. The van der Waals surface area contributed by atoms with Crippen molar-refractivity contribution < 1.29 is 13.9 Å². The van der Waals surface area contributed by atoms with Gasteiger partial charge < -0.3 is 9.15 Å². The first kappa shape index (κ1) is 9.71. The first-order valence-corrected chi connectivity index (χ1v) is 4.72. The van der Waals surface area contributed by atoms with E-state index in [1.54, 1.807) is 32.2 Å². The Morgan fingerprint density at radius 2 is 2.33 bits per heavy atom. The van der Waals surface area contributed by atoms with Crippen molar-refractivity contribution >= 4 is 17.1 Å². The predicted octanol–water partition coefficient (Wildman–Crippen LogP) is 2.39. The Balaban J connectivity index is 2.32. The molecule has 0 aliphatic heterocycles. The molecule has 0 saturated carbocycles. The van der Waals surface area contributed by atoms with Crippen LogP contribution in [0.1, 0.15) is 24.4 Å². The molecule has 0 aromatic carbocycles. The maximum atomic E-state index is 11.5. The molecule has 0 aliphatic rings. The monoisotopic (exact) mass is 205 g/mol. The summed E-state index contributed by atoms with van der Waals surface area (Å²) < 4.78 is 10.3. The van der Waals surface area contributed by atoms with Gasteiger partial charge in [0.25, 0.3) is 0 Å². The molecule has 0 atom stereocenters. The molecule has 15 heavy (non-hydrogen) atoms. The first-order valence-electron chi connectivity index (χ1n) is 4.72. The largest absolute Gasteiger partial charge is 0.457 e. The van der Waals surface area contributed by atoms with Crippen molar-refractivity contribution in [1.29, 1.82) is 0 Å². The van der Waals surface area contributed by atoms with Gasteiger partial charge in [-0.2, -0.15) is 0 Å². The van der Waals surface area contributed by atoms with E-state index in [4.69, 9.17) is 9.15 Å². The summed E-state index contributed by atoms with van der Waals surface area (Å²) in [7, 11) is 0. The Hall–Kier alpha value is -1.84. The predicted molar refractivity (Wildman–Crippen MR) is 54.6 cm³/mol. The van der Waals surface area contributed by atoms with Crippen molar-refractivity contribution in [3.63, 3.8) is 0 Å². The third kappa shape index (κ3) is 1.98. The van der Waals surface area contributed by atoms with E-state index in [2.05, 4.69) is 4.98 Å². The van der Waals surface area contributed by atoms with Gasteiger partial charge in [0.15, 0.2) is 0 Å². The van der Waals surface area contributed by atoms with E-state index in [0.717, 1.165) is 5.39 Å². The van der Waals surface area contributed by atoms with E-state index >= 15 is 0 Å². The van der Waals surface area contributed by atoms with E-state index in [1.165, 1.54) is 0 Å². The third-order valence-electron chi connectivity index (χ3n) is 1.84. The van der Waals surface area contributed by atoms with Crippen LogP contribution in [0.25, 0.3) is 11.1 Å². The molecule has 2 rings (SSSR count). The van der Waals surface area contributed by atoms with Crippen LogP contribution in [0.3, 0.4) is 0 Å². The van der Waals surface area contributed by atoms with E-state index in [-0.39, 0.29) is 11.9 Å². The Morgan fingerprint density at radius 1 is 1.53 bits per heavy atom. The Labute approximate surface area is 86.9 Å². The average Bonchev–Trinajstić information content (AvgIpc) is 2.59. The molecular weight excluding hydrogens is 194 g/mol. The van der Waals surface area contributed by atoms with Gasteiger partial charge in [-0.05, 0) is 26.0 Å². The second-order valence-electron chi connectivity index (χ2n) is 3.46. The molecule has 0 unspecified atom stereocenters. The van der Waals surface area contributed by atoms with Crippen molar-refractivity contribution in [2.45, 2.75) is 20.0 Å². The van der Waals surface area contributed by atoms with E-state index in [1.807, 2.05) is 6.07 Å². The molecule has 0 bridgehead atoms. The molecular formula is C11H11NO3. The Morgan fingerprint density at radius 3 is 3.00 bits per heavy atom. The highest BCUT2D eigenvalue weighted by atomic mass is 16.6. The summed E-state index contributed by atoms with van der Waals surface area (Å²) in [5, 5.41) is 0.799. The molecule has 2 heterocycles. The minimum atomic E-state index is -0.456. The molecule has 4 heteroatoms. The van der Waals surface area contributed by atoms with Crippen LogP contribution in [0.2, 0.25) is 0 Å². The van der Waals surface area contributed by atoms with Gasteiger partial charge in [0, 0.05) is 17.6 Å². The first-order chi connectivity index (χ1) is 7.16. The van der Waals surface area contributed by atoms with Crippen LogP contribution in [0.15, 0.2) is 28.8 Å².